The van der Waals surface area contributed by atoms with Crippen molar-refractivity contribution in [2.75, 3.05) is 37.8 Å². The van der Waals surface area contributed by atoms with Crippen LogP contribution in [-0.4, -0.2) is 42.9 Å². The summed E-state index contributed by atoms with van der Waals surface area (Å²) in [5, 5.41) is 0.559. The zero-order chi connectivity index (χ0) is 16.9. The third kappa shape index (κ3) is 3.88. The molecule has 3 rings (SSSR count). The topological polar surface area (TPSA) is 67.5 Å². The molecule has 1 aromatic carbocycles. The molecule has 0 bridgehead atoms. The fourth-order valence-electron chi connectivity index (χ4n) is 2.64. The molecule has 2 aromatic rings. The number of halogens is 1. The van der Waals surface area contributed by atoms with Gasteiger partial charge in [-0.3, -0.25) is 9.78 Å². The molecule has 0 saturated carbocycles. The first-order valence-corrected chi connectivity index (χ1v) is 8.33. The highest BCUT2D eigenvalue weighted by atomic mass is 35.5. The molecule has 7 heteroatoms. The molecule has 0 atom stereocenters. The number of aryl methyl sites for hydroxylation is 1. The summed E-state index contributed by atoms with van der Waals surface area (Å²) >= 11 is 6.05. The fourth-order valence-corrected chi connectivity index (χ4v) is 2.83. The summed E-state index contributed by atoms with van der Waals surface area (Å²) in [4.78, 5) is 21.8. The van der Waals surface area contributed by atoms with Crippen LogP contribution in [-0.2, 0) is 11.2 Å². The third-order valence-corrected chi connectivity index (χ3v) is 4.28. The zero-order valence-electron chi connectivity index (χ0n) is 13.5. The molecule has 2 heterocycles. The highest BCUT2D eigenvalue weighted by molar-refractivity contribution is 6.32. The van der Waals surface area contributed by atoms with E-state index >= 15 is 0 Å². The predicted molar refractivity (Wildman–Crippen MR) is 93.3 cm³/mol. The standard InChI is InChI=1S/C17H20ClN3O3/c1-12-13(6-9-24-15-5-3-2-4-14(15)18)16(22)20-17(19-12)21-7-10-23-11-8-21/h2-5H,6-11H2,1H3,(H,19,20,22). The monoisotopic (exact) mass is 349 g/mol. The van der Waals surface area contributed by atoms with Crippen LogP contribution in [0.3, 0.4) is 0 Å². The van der Waals surface area contributed by atoms with Gasteiger partial charge in [0.25, 0.3) is 5.56 Å². The van der Waals surface area contributed by atoms with Gasteiger partial charge in [-0.2, -0.15) is 0 Å². The predicted octanol–water partition coefficient (Wildman–Crippen LogP) is 2.19. The van der Waals surface area contributed by atoms with Gasteiger partial charge in [0.05, 0.1) is 30.5 Å². The van der Waals surface area contributed by atoms with E-state index < -0.39 is 0 Å². The molecule has 6 nitrogen and oxygen atoms in total. The third-order valence-electron chi connectivity index (χ3n) is 3.97. The molecule has 0 unspecified atom stereocenters. The van der Waals surface area contributed by atoms with Gasteiger partial charge in [-0.25, -0.2) is 4.98 Å². The first-order chi connectivity index (χ1) is 11.6. The van der Waals surface area contributed by atoms with Crippen molar-refractivity contribution >= 4 is 17.5 Å². The van der Waals surface area contributed by atoms with Gasteiger partial charge < -0.3 is 14.4 Å². The van der Waals surface area contributed by atoms with Crippen molar-refractivity contribution in [3.63, 3.8) is 0 Å². The molecule has 0 amide bonds. The smallest absolute Gasteiger partial charge is 0.255 e. The van der Waals surface area contributed by atoms with E-state index in [2.05, 4.69) is 9.97 Å². The van der Waals surface area contributed by atoms with E-state index in [0.29, 0.717) is 48.5 Å². The quantitative estimate of drug-likeness (QED) is 0.896. The normalized spacial score (nSPS) is 14.7. The van der Waals surface area contributed by atoms with Gasteiger partial charge in [-0.1, -0.05) is 23.7 Å². The number of ether oxygens (including phenoxy) is 2. The largest absolute Gasteiger partial charge is 0.492 e. The lowest BCUT2D eigenvalue weighted by Gasteiger charge is -2.27. The number of H-pyrrole nitrogens is 1. The Morgan fingerprint density at radius 3 is 2.79 bits per heavy atom. The first kappa shape index (κ1) is 16.8. The minimum atomic E-state index is -0.119. The Bertz CT molecular complexity index is 757. The summed E-state index contributed by atoms with van der Waals surface area (Å²) in [7, 11) is 0. The molecule has 1 aromatic heterocycles. The van der Waals surface area contributed by atoms with Crippen LogP contribution in [0.4, 0.5) is 5.95 Å². The number of aromatic amines is 1. The first-order valence-electron chi connectivity index (χ1n) is 7.95. The summed E-state index contributed by atoms with van der Waals surface area (Å²) in [5.41, 5.74) is 1.24. The van der Waals surface area contributed by atoms with E-state index in [-0.39, 0.29) is 5.56 Å². The van der Waals surface area contributed by atoms with Crippen LogP contribution in [0, 0.1) is 6.92 Å². The van der Waals surface area contributed by atoms with Crippen molar-refractivity contribution in [2.24, 2.45) is 0 Å². The Morgan fingerprint density at radius 1 is 1.33 bits per heavy atom. The van der Waals surface area contributed by atoms with Crippen molar-refractivity contribution in [1.29, 1.82) is 0 Å². The van der Waals surface area contributed by atoms with Crippen LogP contribution in [0.1, 0.15) is 11.3 Å². The summed E-state index contributed by atoms with van der Waals surface area (Å²) < 4.78 is 11.0. The lowest BCUT2D eigenvalue weighted by Crippen LogP contribution is -2.38. The average Bonchev–Trinajstić information content (AvgIpc) is 2.59. The molecule has 1 fully saturated rings. The number of benzene rings is 1. The Balaban J connectivity index is 1.67. The lowest BCUT2D eigenvalue weighted by molar-refractivity contribution is 0.122. The molecule has 0 radical (unpaired) electrons. The van der Waals surface area contributed by atoms with Crippen LogP contribution < -0.4 is 15.2 Å². The van der Waals surface area contributed by atoms with Crippen molar-refractivity contribution in [2.45, 2.75) is 13.3 Å². The van der Waals surface area contributed by atoms with Gasteiger partial charge in [0.1, 0.15) is 5.75 Å². The number of hydrogen-bond acceptors (Lipinski definition) is 5. The van der Waals surface area contributed by atoms with Gasteiger partial charge in [0.2, 0.25) is 5.95 Å². The number of aromatic nitrogens is 2. The molecule has 0 spiro atoms. The van der Waals surface area contributed by atoms with Crippen LogP contribution in [0.2, 0.25) is 5.02 Å². The van der Waals surface area contributed by atoms with E-state index in [4.69, 9.17) is 21.1 Å². The number of morpholine rings is 1. The van der Waals surface area contributed by atoms with Crippen LogP contribution >= 0.6 is 11.6 Å². The van der Waals surface area contributed by atoms with Crippen LogP contribution in [0.15, 0.2) is 29.1 Å². The van der Waals surface area contributed by atoms with E-state index in [9.17, 15) is 4.79 Å². The second kappa shape index (κ2) is 7.68. The number of anilines is 1. The number of para-hydroxylation sites is 1. The number of nitrogens with one attached hydrogen (secondary N) is 1. The van der Waals surface area contributed by atoms with Crippen molar-refractivity contribution in [1.82, 2.24) is 9.97 Å². The van der Waals surface area contributed by atoms with E-state index in [1.807, 2.05) is 24.0 Å². The summed E-state index contributed by atoms with van der Waals surface area (Å²) in [5.74, 6) is 1.22. The van der Waals surface area contributed by atoms with Gasteiger partial charge in [0, 0.05) is 25.1 Å². The maximum absolute atomic E-state index is 12.4. The fraction of sp³-hybridized carbons (Fsp3) is 0.412. The maximum atomic E-state index is 12.4. The van der Waals surface area contributed by atoms with Crippen molar-refractivity contribution in [3.05, 3.63) is 50.9 Å². The van der Waals surface area contributed by atoms with Gasteiger partial charge in [-0.15, -0.1) is 0 Å². The maximum Gasteiger partial charge on any atom is 0.255 e. The molecule has 24 heavy (non-hydrogen) atoms. The summed E-state index contributed by atoms with van der Waals surface area (Å²) in [6.45, 7) is 4.98. The minimum Gasteiger partial charge on any atom is -0.492 e. The molecule has 1 N–H and O–H groups in total. The van der Waals surface area contributed by atoms with Crippen molar-refractivity contribution < 1.29 is 9.47 Å². The Hall–Kier alpha value is -2.05. The number of nitrogens with zero attached hydrogens (tertiary/aromatic N) is 2. The van der Waals surface area contributed by atoms with Gasteiger partial charge >= 0.3 is 0 Å². The Morgan fingerprint density at radius 2 is 2.08 bits per heavy atom. The zero-order valence-corrected chi connectivity index (χ0v) is 14.3. The Kier molecular flexibility index (Phi) is 5.37. The van der Waals surface area contributed by atoms with Gasteiger partial charge in [-0.05, 0) is 19.1 Å². The number of hydrogen-bond donors (Lipinski definition) is 1. The van der Waals surface area contributed by atoms with E-state index in [1.54, 1.807) is 12.1 Å². The number of rotatable bonds is 5. The highest BCUT2D eigenvalue weighted by Gasteiger charge is 2.16. The SMILES string of the molecule is Cc1nc(N2CCOCC2)[nH]c(=O)c1CCOc1ccccc1Cl. The van der Waals surface area contributed by atoms with Crippen molar-refractivity contribution in [3.8, 4) is 5.75 Å². The van der Waals surface area contributed by atoms with E-state index in [1.165, 1.54) is 0 Å². The van der Waals surface area contributed by atoms with Crippen LogP contribution in [0.25, 0.3) is 0 Å². The van der Waals surface area contributed by atoms with E-state index in [0.717, 1.165) is 18.8 Å². The second-order valence-electron chi connectivity index (χ2n) is 5.58. The lowest BCUT2D eigenvalue weighted by atomic mass is 10.2. The van der Waals surface area contributed by atoms with Gasteiger partial charge in [0.15, 0.2) is 0 Å². The summed E-state index contributed by atoms with van der Waals surface area (Å²) in [6, 6.07) is 7.28. The van der Waals surface area contributed by atoms with Crippen LogP contribution in [0.5, 0.6) is 5.75 Å². The molecular formula is C17H20ClN3O3. The molecule has 1 aliphatic rings. The minimum absolute atomic E-state index is 0.119. The molecule has 1 aliphatic heterocycles. The average molecular weight is 350 g/mol. The second-order valence-corrected chi connectivity index (χ2v) is 5.99. The highest BCUT2D eigenvalue weighted by Crippen LogP contribution is 2.23. The molecule has 0 aliphatic carbocycles. The molecular weight excluding hydrogens is 330 g/mol. The molecule has 128 valence electrons. The Labute approximate surface area is 145 Å². The summed E-state index contributed by atoms with van der Waals surface area (Å²) in [6.07, 6.45) is 0.475. The molecule has 1 saturated heterocycles.